The molecule has 0 aliphatic carbocycles. The number of hydrogen-bond donors (Lipinski definition) is 2. The van der Waals surface area contributed by atoms with Crippen molar-refractivity contribution in [2.24, 2.45) is 0 Å². The van der Waals surface area contributed by atoms with Crippen LogP contribution in [0.25, 0.3) is 10.9 Å². The first kappa shape index (κ1) is 12.2. The molecule has 0 bridgehead atoms. The number of carbonyl (C=O) groups is 1. The highest BCUT2D eigenvalue weighted by Gasteiger charge is 2.08. The zero-order valence-corrected chi connectivity index (χ0v) is 10.7. The highest BCUT2D eigenvalue weighted by molar-refractivity contribution is 6.07. The molecule has 0 aliphatic rings. The number of para-hydroxylation sites is 2. The maximum absolute atomic E-state index is 12.2. The lowest BCUT2D eigenvalue weighted by Gasteiger charge is -2.08. The monoisotopic (exact) mass is 263 g/mol. The third kappa shape index (κ3) is 2.31. The number of fused-ring (bicyclic) bond motifs is 1. The summed E-state index contributed by atoms with van der Waals surface area (Å²) in [5, 5.41) is 3.74. The van der Waals surface area contributed by atoms with Gasteiger partial charge in [0.2, 0.25) is 0 Å². The summed E-state index contributed by atoms with van der Waals surface area (Å²) in [4.78, 5) is 16.5. The van der Waals surface area contributed by atoms with Gasteiger partial charge in [0.05, 0.1) is 16.9 Å². The SMILES string of the molecule is Nc1ccccc1NC(=O)c1ccc2ncccc2c1. The van der Waals surface area contributed by atoms with Crippen molar-refractivity contribution < 1.29 is 4.79 Å². The third-order valence-electron chi connectivity index (χ3n) is 3.07. The number of nitrogen functional groups attached to an aromatic ring is 1. The third-order valence-corrected chi connectivity index (χ3v) is 3.07. The first-order chi connectivity index (χ1) is 9.74. The van der Waals surface area contributed by atoms with E-state index in [0.29, 0.717) is 16.9 Å². The van der Waals surface area contributed by atoms with Crippen molar-refractivity contribution in [2.75, 3.05) is 11.1 Å². The van der Waals surface area contributed by atoms with Crippen LogP contribution in [0.2, 0.25) is 0 Å². The lowest BCUT2D eigenvalue weighted by atomic mass is 10.1. The molecule has 1 amide bonds. The molecule has 0 fully saturated rings. The Morgan fingerprint density at radius 2 is 1.90 bits per heavy atom. The van der Waals surface area contributed by atoms with Crippen LogP contribution in [-0.2, 0) is 0 Å². The van der Waals surface area contributed by atoms with Crippen molar-refractivity contribution in [3.8, 4) is 0 Å². The largest absolute Gasteiger partial charge is 0.397 e. The van der Waals surface area contributed by atoms with Crippen molar-refractivity contribution >= 4 is 28.2 Å². The molecule has 2 aromatic carbocycles. The van der Waals surface area contributed by atoms with E-state index >= 15 is 0 Å². The minimum absolute atomic E-state index is 0.186. The van der Waals surface area contributed by atoms with Crippen LogP contribution in [-0.4, -0.2) is 10.9 Å². The van der Waals surface area contributed by atoms with Crippen LogP contribution in [0.15, 0.2) is 60.8 Å². The predicted octanol–water partition coefficient (Wildman–Crippen LogP) is 3.07. The first-order valence-electron chi connectivity index (χ1n) is 6.25. The highest BCUT2D eigenvalue weighted by Crippen LogP contribution is 2.19. The maximum atomic E-state index is 12.2. The smallest absolute Gasteiger partial charge is 0.255 e. The summed E-state index contributed by atoms with van der Waals surface area (Å²) in [6.45, 7) is 0. The van der Waals surface area contributed by atoms with Crippen molar-refractivity contribution in [3.63, 3.8) is 0 Å². The molecular weight excluding hydrogens is 250 g/mol. The van der Waals surface area contributed by atoms with Crippen molar-refractivity contribution in [2.45, 2.75) is 0 Å². The van der Waals surface area contributed by atoms with Crippen molar-refractivity contribution in [1.82, 2.24) is 4.98 Å². The van der Waals surface area contributed by atoms with Gasteiger partial charge in [-0.15, -0.1) is 0 Å². The highest BCUT2D eigenvalue weighted by atomic mass is 16.1. The quantitative estimate of drug-likeness (QED) is 0.698. The average molecular weight is 263 g/mol. The summed E-state index contributed by atoms with van der Waals surface area (Å²) >= 11 is 0. The van der Waals surface area contributed by atoms with Gasteiger partial charge in [0.25, 0.3) is 5.91 Å². The number of nitrogens with zero attached hydrogens (tertiary/aromatic N) is 1. The molecule has 1 heterocycles. The lowest BCUT2D eigenvalue weighted by Crippen LogP contribution is -2.13. The minimum atomic E-state index is -0.186. The molecule has 0 saturated carbocycles. The molecule has 98 valence electrons. The second-order valence-corrected chi connectivity index (χ2v) is 4.45. The number of aromatic nitrogens is 1. The zero-order chi connectivity index (χ0) is 13.9. The fourth-order valence-electron chi connectivity index (χ4n) is 2.02. The van der Waals surface area contributed by atoms with E-state index in [1.165, 1.54) is 0 Å². The molecular formula is C16H13N3O. The summed E-state index contributed by atoms with van der Waals surface area (Å²) < 4.78 is 0. The number of nitrogens with two attached hydrogens (primary N) is 1. The summed E-state index contributed by atoms with van der Waals surface area (Å²) in [7, 11) is 0. The van der Waals surface area contributed by atoms with E-state index in [9.17, 15) is 4.79 Å². The van der Waals surface area contributed by atoms with Gasteiger partial charge < -0.3 is 11.1 Å². The van der Waals surface area contributed by atoms with Gasteiger partial charge in [-0.1, -0.05) is 18.2 Å². The Morgan fingerprint density at radius 1 is 1.05 bits per heavy atom. The molecule has 3 rings (SSSR count). The number of hydrogen-bond acceptors (Lipinski definition) is 3. The molecule has 0 atom stereocenters. The van der Waals surface area contributed by atoms with Gasteiger partial charge in [0.15, 0.2) is 0 Å². The Bertz CT molecular complexity index is 783. The molecule has 0 radical (unpaired) electrons. The molecule has 0 saturated heterocycles. The molecule has 4 heteroatoms. The molecule has 3 aromatic rings. The summed E-state index contributed by atoms with van der Waals surface area (Å²) in [5.41, 5.74) is 8.41. The molecule has 0 unspecified atom stereocenters. The molecule has 0 aliphatic heterocycles. The van der Waals surface area contributed by atoms with E-state index < -0.39 is 0 Å². The number of carbonyl (C=O) groups excluding carboxylic acids is 1. The van der Waals surface area contributed by atoms with E-state index in [2.05, 4.69) is 10.3 Å². The van der Waals surface area contributed by atoms with E-state index in [1.54, 1.807) is 24.4 Å². The average Bonchev–Trinajstić information content (AvgIpc) is 2.49. The Kier molecular flexibility index (Phi) is 3.05. The minimum Gasteiger partial charge on any atom is -0.397 e. The Hall–Kier alpha value is -2.88. The van der Waals surface area contributed by atoms with E-state index in [-0.39, 0.29) is 5.91 Å². The molecule has 3 N–H and O–H groups in total. The molecule has 0 spiro atoms. The topological polar surface area (TPSA) is 68.0 Å². The van der Waals surface area contributed by atoms with Crippen LogP contribution in [0.4, 0.5) is 11.4 Å². The van der Waals surface area contributed by atoms with Crippen LogP contribution in [0, 0.1) is 0 Å². The van der Waals surface area contributed by atoms with Crippen LogP contribution >= 0.6 is 0 Å². The lowest BCUT2D eigenvalue weighted by molar-refractivity contribution is 0.102. The number of benzene rings is 2. The fourth-order valence-corrected chi connectivity index (χ4v) is 2.02. The number of amides is 1. The Morgan fingerprint density at radius 3 is 2.75 bits per heavy atom. The Balaban J connectivity index is 1.91. The number of pyridine rings is 1. The van der Waals surface area contributed by atoms with Gasteiger partial charge in [-0.05, 0) is 36.4 Å². The van der Waals surface area contributed by atoms with Crippen LogP contribution in [0.3, 0.4) is 0 Å². The number of nitrogens with one attached hydrogen (secondary N) is 1. The summed E-state index contributed by atoms with van der Waals surface area (Å²) in [5.74, 6) is -0.186. The standard InChI is InChI=1S/C16H13N3O/c17-13-5-1-2-6-15(13)19-16(20)12-7-8-14-11(10-12)4-3-9-18-14/h1-10H,17H2,(H,19,20). The molecule has 1 aromatic heterocycles. The second kappa shape index (κ2) is 5.01. The second-order valence-electron chi connectivity index (χ2n) is 4.45. The van der Waals surface area contributed by atoms with Crippen LogP contribution < -0.4 is 11.1 Å². The number of anilines is 2. The van der Waals surface area contributed by atoms with Crippen LogP contribution in [0.5, 0.6) is 0 Å². The van der Waals surface area contributed by atoms with E-state index in [1.807, 2.05) is 36.4 Å². The molecule has 20 heavy (non-hydrogen) atoms. The van der Waals surface area contributed by atoms with E-state index in [0.717, 1.165) is 10.9 Å². The zero-order valence-electron chi connectivity index (χ0n) is 10.7. The maximum Gasteiger partial charge on any atom is 0.255 e. The summed E-state index contributed by atoms with van der Waals surface area (Å²) in [6.07, 6.45) is 1.73. The predicted molar refractivity (Wildman–Crippen MR) is 80.6 cm³/mol. The van der Waals surface area contributed by atoms with Gasteiger partial charge in [0.1, 0.15) is 0 Å². The molecule has 4 nitrogen and oxygen atoms in total. The van der Waals surface area contributed by atoms with Crippen molar-refractivity contribution in [3.05, 3.63) is 66.4 Å². The Labute approximate surface area is 116 Å². The fraction of sp³-hybridized carbons (Fsp3) is 0. The van der Waals surface area contributed by atoms with Gasteiger partial charge in [-0.25, -0.2) is 0 Å². The van der Waals surface area contributed by atoms with Gasteiger partial charge in [0, 0.05) is 17.1 Å². The van der Waals surface area contributed by atoms with Gasteiger partial charge in [-0.3, -0.25) is 9.78 Å². The van der Waals surface area contributed by atoms with Gasteiger partial charge in [-0.2, -0.15) is 0 Å². The number of rotatable bonds is 2. The van der Waals surface area contributed by atoms with E-state index in [4.69, 9.17) is 5.73 Å². The summed E-state index contributed by atoms with van der Waals surface area (Å²) in [6, 6.07) is 16.4. The normalized spacial score (nSPS) is 10.4. The van der Waals surface area contributed by atoms with Gasteiger partial charge >= 0.3 is 0 Å². The first-order valence-corrected chi connectivity index (χ1v) is 6.25. The van der Waals surface area contributed by atoms with Crippen molar-refractivity contribution in [1.29, 1.82) is 0 Å². The van der Waals surface area contributed by atoms with Crippen LogP contribution in [0.1, 0.15) is 10.4 Å².